The fraction of sp³-hybridized carbons (Fsp3) is 0.581. The number of anilines is 1. The molecule has 2 aromatic rings. The number of piperidine rings is 1. The molecule has 0 aromatic heterocycles. The molecule has 4 rings (SSSR count). The normalized spacial score (nSPS) is 18.3. The van der Waals surface area contributed by atoms with Gasteiger partial charge in [-0.05, 0) is 86.0 Å². The van der Waals surface area contributed by atoms with Gasteiger partial charge in [-0.3, -0.25) is 4.79 Å². The van der Waals surface area contributed by atoms with Crippen molar-refractivity contribution in [3.8, 4) is 5.75 Å². The lowest BCUT2D eigenvalue weighted by Gasteiger charge is -2.38. The molecule has 0 radical (unpaired) electrons. The zero-order valence-corrected chi connectivity index (χ0v) is 22.7. The van der Waals surface area contributed by atoms with E-state index in [-0.39, 0.29) is 5.91 Å². The van der Waals surface area contributed by atoms with Gasteiger partial charge in [0.1, 0.15) is 5.75 Å². The first kappa shape index (κ1) is 26.5. The van der Waals surface area contributed by atoms with Crippen LogP contribution in [-0.4, -0.2) is 68.1 Å². The van der Waals surface area contributed by atoms with Gasteiger partial charge in [0.15, 0.2) is 0 Å². The monoisotopic (exact) mass is 491 g/mol. The first-order valence-electron chi connectivity index (χ1n) is 14.0. The number of aryl methyl sites for hydroxylation is 1. The Morgan fingerprint density at radius 2 is 1.75 bits per heavy atom. The summed E-state index contributed by atoms with van der Waals surface area (Å²) in [4.78, 5) is 20.0. The van der Waals surface area contributed by atoms with E-state index < -0.39 is 0 Å². The maximum atomic E-state index is 13.1. The van der Waals surface area contributed by atoms with Crippen LogP contribution in [0.25, 0.3) is 0 Å². The Balaban J connectivity index is 1.19. The Hall–Kier alpha value is -2.53. The van der Waals surface area contributed by atoms with Crippen LogP contribution in [0.3, 0.4) is 0 Å². The van der Waals surface area contributed by atoms with Gasteiger partial charge >= 0.3 is 0 Å². The smallest absolute Gasteiger partial charge is 0.253 e. The van der Waals surface area contributed by atoms with Gasteiger partial charge in [0.25, 0.3) is 5.91 Å². The standard InChI is InChI=1S/C31H45N3O2/c1-4-5-9-26-10-6-11-27(24-26)30(35)34-21-19-33(20-22-34)28-12-14-29(15-13-28)36-23-8-18-32-17-7-16-31(2,3)25-32/h6,10-15,24H,4-5,7-9,16-23,25H2,1-3H3. The molecule has 2 fully saturated rings. The Labute approximate surface area is 218 Å². The van der Waals surface area contributed by atoms with Gasteiger partial charge in [0.2, 0.25) is 0 Å². The van der Waals surface area contributed by atoms with E-state index in [0.29, 0.717) is 5.41 Å². The number of piperazine rings is 1. The van der Waals surface area contributed by atoms with Gasteiger partial charge < -0.3 is 19.4 Å². The van der Waals surface area contributed by atoms with Gasteiger partial charge in [-0.15, -0.1) is 0 Å². The average Bonchev–Trinajstić information content (AvgIpc) is 2.90. The van der Waals surface area contributed by atoms with Crippen LogP contribution >= 0.6 is 0 Å². The number of amides is 1. The summed E-state index contributed by atoms with van der Waals surface area (Å²) >= 11 is 0. The highest BCUT2D eigenvalue weighted by Crippen LogP contribution is 2.28. The largest absolute Gasteiger partial charge is 0.494 e. The van der Waals surface area contributed by atoms with Crippen molar-refractivity contribution in [2.45, 2.75) is 59.3 Å². The third kappa shape index (κ3) is 7.49. The second-order valence-corrected chi connectivity index (χ2v) is 11.3. The lowest BCUT2D eigenvalue weighted by Crippen LogP contribution is -2.48. The van der Waals surface area contributed by atoms with E-state index in [9.17, 15) is 4.79 Å². The van der Waals surface area contributed by atoms with Crippen LogP contribution in [0.1, 0.15) is 68.8 Å². The summed E-state index contributed by atoms with van der Waals surface area (Å²) in [6.07, 6.45) is 7.09. The number of benzene rings is 2. The van der Waals surface area contributed by atoms with Gasteiger partial charge in [0, 0.05) is 50.5 Å². The highest BCUT2D eigenvalue weighted by atomic mass is 16.5. The van der Waals surface area contributed by atoms with Crippen LogP contribution in [-0.2, 0) is 6.42 Å². The molecule has 2 saturated heterocycles. The van der Waals surface area contributed by atoms with Crippen molar-refractivity contribution in [1.29, 1.82) is 0 Å². The number of unbranched alkanes of at least 4 members (excludes halogenated alkanes) is 1. The number of ether oxygens (including phenoxy) is 1. The number of hydrogen-bond donors (Lipinski definition) is 0. The van der Waals surface area contributed by atoms with Crippen LogP contribution in [0.4, 0.5) is 5.69 Å². The van der Waals surface area contributed by atoms with Crippen molar-refractivity contribution in [2.24, 2.45) is 5.41 Å². The number of carbonyl (C=O) groups excluding carboxylic acids is 1. The summed E-state index contributed by atoms with van der Waals surface area (Å²) < 4.78 is 6.02. The molecule has 0 spiro atoms. The van der Waals surface area contributed by atoms with Crippen molar-refractivity contribution in [1.82, 2.24) is 9.80 Å². The van der Waals surface area contributed by atoms with Crippen molar-refractivity contribution in [3.05, 3.63) is 59.7 Å². The molecule has 2 aliphatic rings. The summed E-state index contributed by atoms with van der Waals surface area (Å²) in [6.45, 7) is 14.5. The lowest BCUT2D eigenvalue weighted by atomic mass is 9.84. The molecule has 196 valence electrons. The second-order valence-electron chi connectivity index (χ2n) is 11.3. The van der Waals surface area contributed by atoms with Crippen molar-refractivity contribution in [2.75, 3.05) is 57.3 Å². The SMILES string of the molecule is CCCCc1cccc(C(=O)N2CCN(c3ccc(OCCCN4CCCC(C)(C)C4)cc3)CC2)c1. The Bertz CT molecular complexity index is 964. The van der Waals surface area contributed by atoms with Gasteiger partial charge in [-0.25, -0.2) is 0 Å². The summed E-state index contributed by atoms with van der Waals surface area (Å²) in [5.41, 5.74) is 3.74. The predicted octanol–water partition coefficient (Wildman–Crippen LogP) is 5.88. The number of likely N-dealkylation sites (tertiary alicyclic amines) is 1. The van der Waals surface area contributed by atoms with Crippen LogP contribution in [0.5, 0.6) is 5.75 Å². The van der Waals surface area contributed by atoms with E-state index in [2.05, 4.69) is 67.0 Å². The third-order valence-corrected chi connectivity index (χ3v) is 7.63. The molecule has 0 atom stereocenters. The van der Waals surface area contributed by atoms with Gasteiger partial charge in [0.05, 0.1) is 6.61 Å². The molecule has 1 amide bonds. The minimum Gasteiger partial charge on any atom is -0.494 e. The maximum absolute atomic E-state index is 13.1. The highest BCUT2D eigenvalue weighted by Gasteiger charge is 2.26. The van der Waals surface area contributed by atoms with E-state index in [1.165, 1.54) is 43.6 Å². The average molecular weight is 492 g/mol. The fourth-order valence-electron chi connectivity index (χ4n) is 5.56. The zero-order chi connectivity index (χ0) is 25.4. The van der Waals surface area contributed by atoms with E-state index in [4.69, 9.17) is 4.74 Å². The van der Waals surface area contributed by atoms with Gasteiger partial charge in [-0.1, -0.05) is 39.3 Å². The summed E-state index contributed by atoms with van der Waals surface area (Å²) in [7, 11) is 0. The minimum atomic E-state index is 0.157. The molecule has 0 saturated carbocycles. The first-order valence-corrected chi connectivity index (χ1v) is 14.0. The van der Waals surface area contributed by atoms with Gasteiger partial charge in [-0.2, -0.15) is 0 Å². The molecule has 0 aliphatic carbocycles. The minimum absolute atomic E-state index is 0.157. The summed E-state index contributed by atoms with van der Waals surface area (Å²) in [5, 5.41) is 0. The second kappa shape index (κ2) is 12.6. The van der Waals surface area contributed by atoms with E-state index in [1.54, 1.807) is 0 Å². The molecule has 5 nitrogen and oxygen atoms in total. The van der Waals surface area contributed by atoms with E-state index in [1.807, 2.05) is 17.0 Å². The Morgan fingerprint density at radius 1 is 0.972 bits per heavy atom. The van der Waals surface area contributed by atoms with Crippen molar-refractivity contribution < 1.29 is 9.53 Å². The number of hydrogen-bond acceptors (Lipinski definition) is 4. The molecular weight excluding hydrogens is 446 g/mol. The molecule has 36 heavy (non-hydrogen) atoms. The Kier molecular flexibility index (Phi) is 9.30. The number of carbonyl (C=O) groups is 1. The molecule has 0 bridgehead atoms. The fourth-order valence-corrected chi connectivity index (χ4v) is 5.56. The molecule has 2 heterocycles. The maximum Gasteiger partial charge on any atom is 0.253 e. The predicted molar refractivity (Wildman–Crippen MR) is 149 cm³/mol. The van der Waals surface area contributed by atoms with Crippen molar-refractivity contribution in [3.63, 3.8) is 0 Å². The molecule has 0 N–H and O–H groups in total. The molecule has 0 unspecified atom stereocenters. The van der Waals surface area contributed by atoms with Crippen LogP contribution in [0.15, 0.2) is 48.5 Å². The lowest BCUT2D eigenvalue weighted by molar-refractivity contribution is 0.0746. The van der Waals surface area contributed by atoms with Crippen molar-refractivity contribution >= 4 is 11.6 Å². The zero-order valence-electron chi connectivity index (χ0n) is 22.7. The van der Waals surface area contributed by atoms with Crippen LogP contribution in [0, 0.1) is 5.41 Å². The molecular formula is C31H45N3O2. The van der Waals surface area contributed by atoms with E-state index in [0.717, 1.165) is 69.9 Å². The number of rotatable bonds is 10. The summed E-state index contributed by atoms with van der Waals surface area (Å²) in [6, 6.07) is 16.7. The highest BCUT2D eigenvalue weighted by molar-refractivity contribution is 5.94. The Morgan fingerprint density at radius 3 is 2.47 bits per heavy atom. The first-order chi connectivity index (χ1) is 17.4. The van der Waals surface area contributed by atoms with Crippen LogP contribution in [0.2, 0.25) is 0 Å². The van der Waals surface area contributed by atoms with E-state index >= 15 is 0 Å². The third-order valence-electron chi connectivity index (χ3n) is 7.63. The molecule has 2 aromatic carbocycles. The number of nitrogens with zero attached hydrogens (tertiary/aromatic N) is 3. The molecule has 5 heteroatoms. The quantitative estimate of drug-likeness (QED) is 0.389. The van der Waals surface area contributed by atoms with Crippen LogP contribution < -0.4 is 9.64 Å². The molecule has 2 aliphatic heterocycles. The topological polar surface area (TPSA) is 36.0 Å². The summed E-state index contributed by atoms with van der Waals surface area (Å²) in [5.74, 6) is 1.10.